The zero-order valence-electron chi connectivity index (χ0n) is 21.2. The van der Waals surface area contributed by atoms with Crippen LogP contribution in [-0.2, 0) is 30.7 Å². The number of rotatable bonds is 8. The molecule has 0 spiro atoms. The Bertz CT molecular complexity index is 1270. The van der Waals surface area contributed by atoms with Crippen molar-refractivity contribution in [2.24, 2.45) is 0 Å². The van der Waals surface area contributed by atoms with Gasteiger partial charge < -0.3 is 19.7 Å². The zero-order valence-corrected chi connectivity index (χ0v) is 22.8. The number of carbonyl (C=O) groups excluding carboxylic acids is 3. The third-order valence-corrected chi connectivity index (χ3v) is 7.42. The van der Waals surface area contributed by atoms with Crippen LogP contribution in [-0.4, -0.2) is 56.8 Å². The Hall–Kier alpha value is -2.95. The lowest BCUT2D eigenvalue weighted by atomic mass is 10.1. The van der Waals surface area contributed by atoms with E-state index in [2.05, 4.69) is 5.32 Å². The van der Waals surface area contributed by atoms with E-state index in [1.807, 2.05) is 6.92 Å². The van der Waals surface area contributed by atoms with Crippen molar-refractivity contribution in [2.45, 2.75) is 57.2 Å². The molecule has 9 nitrogen and oxygen atoms in total. The fourth-order valence-electron chi connectivity index (χ4n) is 3.73. The largest absolute Gasteiger partial charge is 0.444 e. The molecule has 3 rings (SSSR count). The minimum Gasteiger partial charge on any atom is -0.444 e. The molecule has 1 aliphatic rings. The van der Waals surface area contributed by atoms with E-state index in [-0.39, 0.29) is 35.1 Å². The number of ketones is 1. The molecule has 1 heterocycles. The fraction of sp³-hybridized carbons (Fsp3) is 0.423. The summed E-state index contributed by atoms with van der Waals surface area (Å²) in [7, 11) is -4.04. The fourth-order valence-corrected chi connectivity index (χ4v) is 5.47. The van der Waals surface area contributed by atoms with Crippen LogP contribution in [0.3, 0.4) is 0 Å². The molecule has 0 aliphatic carbocycles. The Labute approximate surface area is 222 Å². The molecule has 0 fully saturated rings. The Morgan fingerprint density at radius 3 is 2.43 bits per heavy atom. The summed E-state index contributed by atoms with van der Waals surface area (Å²) < 4.78 is 37.3. The lowest BCUT2D eigenvalue weighted by Crippen LogP contribution is -2.51. The average molecular weight is 551 g/mol. The SMILES string of the molecule is CCCOCC(=O)c1ccc2c(c1)N(Cc1ccc(Cl)cc1)C(=O)[C@@H](NC(=O)OC(C)(C)C)CS2(=O)=O. The molecule has 2 aromatic rings. The van der Waals surface area contributed by atoms with E-state index in [1.165, 1.54) is 23.1 Å². The van der Waals surface area contributed by atoms with Crippen molar-refractivity contribution in [2.75, 3.05) is 23.9 Å². The molecule has 1 N–H and O–H groups in total. The molecule has 37 heavy (non-hydrogen) atoms. The number of Topliss-reactive ketones (excluding diaryl/α,β-unsaturated/α-hetero) is 1. The Morgan fingerprint density at radius 1 is 1.14 bits per heavy atom. The van der Waals surface area contributed by atoms with Crippen LogP contribution in [0.15, 0.2) is 47.4 Å². The van der Waals surface area contributed by atoms with Gasteiger partial charge in [0.1, 0.15) is 18.2 Å². The highest BCUT2D eigenvalue weighted by molar-refractivity contribution is 7.91. The van der Waals surface area contributed by atoms with Crippen molar-refractivity contribution in [3.8, 4) is 0 Å². The number of carbonyl (C=O) groups is 3. The Balaban J connectivity index is 2.05. The van der Waals surface area contributed by atoms with Gasteiger partial charge in [0, 0.05) is 17.2 Å². The summed E-state index contributed by atoms with van der Waals surface area (Å²) in [5.41, 5.74) is 0.0759. The van der Waals surface area contributed by atoms with Crippen molar-refractivity contribution in [1.29, 1.82) is 0 Å². The number of anilines is 1. The molecule has 11 heteroatoms. The molecule has 0 saturated carbocycles. The maximum Gasteiger partial charge on any atom is 0.408 e. The quantitative estimate of drug-likeness (QED) is 0.387. The number of fused-ring (bicyclic) bond motifs is 1. The van der Waals surface area contributed by atoms with Gasteiger partial charge in [-0.15, -0.1) is 0 Å². The molecule has 0 aromatic heterocycles. The first-order chi connectivity index (χ1) is 17.3. The number of hydrogen-bond acceptors (Lipinski definition) is 7. The van der Waals surface area contributed by atoms with E-state index in [4.69, 9.17) is 21.1 Å². The molecular weight excluding hydrogens is 520 g/mol. The first-order valence-electron chi connectivity index (χ1n) is 11.8. The first kappa shape index (κ1) is 28.6. The van der Waals surface area contributed by atoms with E-state index >= 15 is 0 Å². The topological polar surface area (TPSA) is 119 Å². The number of benzene rings is 2. The molecule has 1 atom stereocenters. The summed E-state index contributed by atoms with van der Waals surface area (Å²) in [5, 5.41) is 2.91. The predicted octanol–water partition coefficient (Wildman–Crippen LogP) is 4.16. The summed E-state index contributed by atoms with van der Waals surface area (Å²) in [4.78, 5) is 40.0. The second-order valence-electron chi connectivity index (χ2n) is 9.69. The zero-order chi connectivity index (χ0) is 27.4. The lowest BCUT2D eigenvalue weighted by Gasteiger charge is -2.27. The second-order valence-corrected chi connectivity index (χ2v) is 12.1. The summed E-state index contributed by atoms with van der Waals surface area (Å²) in [6.07, 6.45) is -0.173. The standard InChI is InChI=1S/C26H31ClN2O7S/c1-5-12-35-15-22(30)18-8-11-23-21(13-18)29(14-17-6-9-19(27)10-7-17)24(31)20(16-37(23,33)34)28-25(32)36-26(2,3)4/h6-11,13,20H,5,12,14-16H2,1-4H3,(H,28,32)/t20-/m0/s1. The van der Waals surface area contributed by atoms with E-state index < -0.39 is 39.2 Å². The van der Waals surface area contributed by atoms with Crippen molar-refractivity contribution < 1.29 is 32.3 Å². The third kappa shape index (κ3) is 7.53. The predicted molar refractivity (Wildman–Crippen MR) is 140 cm³/mol. The van der Waals surface area contributed by atoms with Crippen LogP contribution in [0.4, 0.5) is 10.5 Å². The van der Waals surface area contributed by atoms with Gasteiger partial charge in [-0.3, -0.25) is 9.59 Å². The van der Waals surface area contributed by atoms with Gasteiger partial charge in [-0.25, -0.2) is 13.2 Å². The lowest BCUT2D eigenvalue weighted by molar-refractivity contribution is -0.120. The van der Waals surface area contributed by atoms with Gasteiger partial charge >= 0.3 is 6.09 Å². The molecular formula is C26H31ClN2O7S. The highest BCUT2D eigenvalue weighted by Crippen LogP contribution is 2.33. The van der Waals surface area contributed by atoms with Crippen LogP contribution in [0.1, 0.15) is 50.0 Å². The van der Waals surface area contributed by atoms with Crippen molar-refractivity contribution in [3.05, 3.63) is 58.6 Å². The monoisotopic (exact) mass is 550 g/mol. The van der Waals surface area contributed by atoms with E-state index in [0.29, 0.717) is 17.2 Å². The van der Waals surface area contributed by atoms with Crippen molar-refractivity contribution in [1.82, 2.24) is 5.32 Å². The van der Waals surface area contributed by atoms with Crippen LogP contribution >= 0.6 is 11.6 Å². The van der Waals surface area contributed by atoms with E-state index in [9.17, 15) is 22.8 Å². The summed E-state index contributed by atoms with van der Waals surface area (Å²) in [6.45, 7) is 7.10. The summed E-state index contributed by atoms with van der Waals surface area (Å²) >= 11 is 6.00. The maximum atomic E-state index is 13.7. The van der Waals surface area contributed by atoms with Crippen LogP contribution < -0.4 is 10.2 Å². The summed E-state index contributed by atoms with van der Waals surface area (Å²) in [6, 6.07) is 9.41. The highest BCUT2D eigenvalue weighted by Gasteiger charge is 2.39. The number of halogens is 1. The smallest absolute Gasteiger partial charge is 0.408 e. The van der Waals surface area contributed by atoms with Crippen molar-refractivity contribution >= 4 is 44.9 Å². The van der Waals surface area contributed by atoms with Crippen LogP contribution in [0.5, 0.6) is 0 Å². The molecule has 0 unspecified atom stereocenters. The Morgan fingerprint density at radius 2 is 1.81 bits per heavy atom. The summed E-state index contributed by atoms with van der Waals surface area (Å²) in [5.74, 6) is -1.67. The van der Waals surface area contributed by atoms with Gasteiger partial charge in [-0.05, 0) is 63.1 Å². The van der Waals surface area contributed by atoms with Gasteiger partial charge in [0.15, 0.2) is 15.6 Å². The van der Waals surface area contributed by atoms with Gasteiger partial charge in [-0.2, -0.15) is 0 Å². The first-order valence-corrected chi connectivity index (χ1v) is 13.9. The molecule has 2 aromatic carbocycles. The minimum absolute atomic E-state index is 0.0189. The van der Waals surface area contributed by atoms with Crippen molar-refractivity contribution in [3.63, 3.8) is 0 Å². The number of amides is 2. The number of sulfone groups is 1. The maximum absolute atomic E-state index is 13.7. The molecule has 0 saturated heterocycles. The second kappa shape index (κ2) is 11.6. The number of ether oxygens (including phenoxy) is 2. The van der Waals surface area contributed by atoms with Gasteiger partial charge in [0.2, 0.25) is 0 Å². The highest BCUT2D eigenvalue weighted by atomic mass is 35.5. The molecule has 0 radical (unpaired) electrons. The van der Waals surface area contributed by atoms with Crippen LogP contribution in [0.2, 0.25) is 5.02 Å². The number of nitrogens with zero attached hydrogens (tertiary/aromatic N) is 1. The molecule has 0 bridgehead atoms. The number of nitrogens with one attached hydrogen (secondary N) is 1. The number of alkyl carbamates (subject to hydrolysis) is 1. The van der Waals surface area contributed by atoms with Gasteiger partial charge in [0.05, 0.1) is 22.9 Å². The third-order valence-electron chi connectivity index (χ3n) is 5.38. The Kier molecular flexibility index (Phi) is 8.99. The molecule has 2 amide bonds. The minimum atomic E-state index is -4.04. The van der Waals surface area contributed by atoms with Gasteiger partial charge in [-0.1, -0.05) is 30.7 Å². The normalized spacial score (nSPS) is 17.1. The van der Waals surface area contributed by atoms with E-state index in [0.717, 1.165) is 6.42 Å². The van der Waals surface area contributed by atoms with Crippen LogP contribution in [0.25, 0.3) is 0 Å². The average Bonchev–Trinajstić information content (AvgIpc) is 2.87. The van der Waals surface area contributed by atoms with E-state index in [1.54, 1.807) is 45.0 Å². The van der Waals surface area contributed by atoms with Gasteiger partial charge in [0.25, 0.3) is 5.91 Å². The number of hydrogen-bond donors (Lipinski definition) is 1. The van der Waals surface area contributed by atoms with Crippen LogP contribution in [0, 0.1) is 0 Å². The molecule has 200 valence electrons. The molecule has 1 aliphatic heterocycles.